The molecule has 0 bridgehead atoms. The molecule has 1 aromatic heterocycles. The van der Waals surface area contributed by atoms with Crippen molar-refractivity contribution in [1.82, 2.24) is 0 Å². The fourth-order valence-corrected chi connectivity index (χ4v) is 1.75. The van der Waals surface area contributed by atoms with Crippen molar-refractivity contribution in [2.24, 2.45) is 0 Å². The van der Waals surface area contributed by atoms with Crippen LogP contribution in [0.3, 0.4) is 0 Å². The number of nitriles is 1. The highest BCUT2D eigenvalue weighted by atomic mass is 32.1. The minimum absolute atomic E-state index is 0.321. The van der Waals surface area contributed by atoms with Crippen LogP contribution in [0.5, 0.6) is 0 Å². The van der Waals surface area contributed by atoms with E-state index in [2.05, 4.69) is 19.1 Å². The van der Waals surface area contributed by atoms with Gasteiger partial charge < -0.3 is 0 Å². The molecule has 0 aromatic carbocycles. The van der Waals surface area contributed by atoms with Crippen LogP contribution in [-0.2, 0) is 5.41 Å². The summed E-state index contributed by atoms with van der Waals surface area (Å²) in [6.07, 6.45) is 0. The van der Waals surface area contributed by atoms with E-state index in [1.165, 1.54) is 4.88 Å². The van der Waals surface area contributed by atoms with Crippen LogP contribution in [0.25, 0.3) is 0 Å². The van der Waals surface area contributed by atoms with Gasteiger partial charge in [-0.05, 0) is 32.9 Å². The predicted molar refractivity (Wildman–Crippen MR) is 47.7 cm³/mol. The molecule has 0 radical (unpaired) electrons. The first-order valence-corrected chi connectivity index (χ1v) is 4.36. The maximum Gasteiger partial charge on any atom is 0.0858 e. The lowest BCUT2D eigenvalue weighted by Gasteiger charge is -2.11. The quantitative estimate of drug-likeness (QED) is 0.627. The van der Waals surface area contributed by atoms with Gasteiger partial charge in [0.15, 0.2) is 0 Å². The summed E-state index contributed by atoms with van der Waals surface area (Å²) < 4.78 is 0. The van der Waals surface area contributed by atoms with Crippen LogP contribution in [0.15, 0.2) is 12.1 Å². The minimum Gasteiger partial charge on any atom is -0.197 e. The third kappa shape index (κ3) is 1.61. The van der Waals surface area contributed by atoms with E-state index < -0.39 is 0 Å². The van der Waals surface area contributed by atoms with E-state index in [1.807, 2.05) is 19.9 Å². The van der Waals surface area contributed by atoms with E-state index in [9.17, 15) is 0 Å². The molecule has 1 aromatic rings. The maximum atomic E-state index is 8.81. The first-order valence-electron chi connectivity index (χ1n) is 3.54. The Hall–Kier alpha value is -0.810. The van der Waals surface area contributed by atoms with Gasteiger partial charge in [-0.15, -0.1) is 11.3 Å². The molecule has 0 unspecified atom stereocenters. The van der Waals surface area contributed by atoms with Gasteiger partial charge in [0.25, 0.3) is 0 Å². The lowest BCUT2D eigenvalue weighted by Crippen LogP contribution is -2.10. The van der Waals surface area contributed by atoms with Crippen molar-refractivity contribution >= 4 is 11.3 Å². The second-order valence-electron chi connectivity index (χ2n) is 3.15. The van der Waals surface area contributed by atoms with Gasteiger partial charge in [-0.2, -0.15) is 5.26 Å². The van der Waals surface area contributed by atoms with E-state index >= 15 is 0 Å². The number of aryl methyl sites for hydroxylation is 1. The molecule has 0 atom stereocenters. The molecule has 2 heteroatoms. The predicted octanol–water partition coefficient (Wildman–Crippen LogP) is 2.86. The van der Waals surface area contributed by atoms with Crippen molar-refractivity contribution in [3.8, 4) is 6.07 Å². The summed E-state index contributed by atoms with van der Waals surface area (Å²) >= 11 is 1.70. The zero-order chi connectivity index (χ0) is 8.48. The Morgan fingerprint density at radius 1 is 1.45 bits per heavy atom. The Labute approximate surface area is 71.3 Å². The highest BCUT2D eigenvalue weighted by molar-refractivity contribution is 7.12. The van der Waals surface area contributed by atoms with Crippen LogP contribution in [0.2, 0.25) is 0 Å². The summed E-state index contributed by atoms with van der Waals surface area (Å²) in [5.41, 5.74) is -0.321. The third-order valence-electron chi connectivity index (χ3n) is 1.64. The summed E-state index contributed by atoms with van der Waals surface area (Å²) in [5, 5.41) is 8.81. The molecule has 0 fully saturated rings. The fourth-order valence-electron chi connectivity index (χ4n) is 0.826. The molecule has 0 saturated carbocycles. The topological polar surface area (TPSA) is 23.8 Å². The van der Waals surface area contributed by atoms with E-state index in [1.54, 1.807) is 11.3 Å². The van der Waals surface area contributed by atoms with E-state index in [0.717, 1.165) is 4.88 Å². The molecule has 58 valence electrons. The number of rotatable bonds is 1. The Balaban J connectivity index is 3.04. The van der Waals surface area contributed by atoms with Crippen molar-refractivity contribution in [2.75, 3.05) is 0 Å². The smallest absolute Gasteiger partial charge is 0.0858 e. The summed E-state index contributed by atoms with van der Waals surface area (Å²) in [6, 6.07) is 6.37. The summed E-state index contributed by atoms with van der Waals surface area (Å²) in [6.45, 7) is 5.94. The normalized spacial score (nSPS) is 11.1. The van der Waals surface area contributed by atoms with Crippen molar-refractivity contribution in [3.63, 3.8) is 0 Å². The van der Waals surface area contributed by atoms with E-state index in [-0.39, 0.29) is 5.41 Å². The van der Waals surface area contributed by atoms with Crippen LogP contribution in [0, 0.1) is 18.3 Å². The van der Waals surface area contributed by atoms with Crippen LogP contribution < -0.4 is 0 Å². The first kappa shape index (κ1) is 8.29. The number of hydrogen-bond acceptors (Lipinski definition) is 2. The molecule has 1 heterocycles. The highest BCUT2D eigenvalue weighted by Gasteiger charge is 2.20. The van der Waals surface area contributed by atoms with Gasteiger partial charge in [0.1, 0.15) is 0 Å². The van der Waals surface area contributed by atoms with Crippen LogP contribution in [-0.4, -0.2) is 0 Å². The average Bonchev–Trinajstić information content (AvgIpc) is 2.36. The van der Waals surface area contributed by atoms with Crippen LogP contribution in [0.1, 0.15) is 23.6 Å². The summed E-state index contributed by atoms with van der Waals surface area (Å²) in [5.74, 6) is 0. The molecule has 1 rings (SSSR count). The Kier molecular flexibility index (Phi) is 2.01. The number of hydrogen-bond donors (Lipinski definition) is 0. The second-order valence-corrected chi connectivity index (χ2v) is 4.44. The fraction of sp³-hybridized carbons (Fsp3) is 0.444. The molecule has 1 nitrogen and oxygen atoms in total. The van der Waals surface area contributed by atoms with Crippen molar-refractivity contribution in [3.05, 3.63) is 21.9 Å². The van der Waals surface area contributed by atoms with Gasteiger partial charge in [-0.3, -0.25) is 0 Å². The SMILES string of the molecule is Cc1ccc(C(C)(C)C#N)s1. The van der Waals surface area contributed by atoms with Gasteiger partial charge in [-0.25, -0.2) is 0 Å². The Bertz CT molecular complexity index is 291. The lowest BCUT2D eigenvalue weighted by molar-refractivity contribution is 0.703. The molecule has 11 heavy (non-hydrogen) atoms. The first-order chi connectivity index (χ1) is 5.06. The second kappa shape index (κ2) is 2.67. The molecule has 0 amide bonds. The zero-order valence-corrected chi connectivity index (χ0v) is 7.83. The average molecular weight is 165 g/mol. The van der Waals surface area contributed by atoms with Gasteiger partial charge in [-0.1, -0.05) is 0 Å². The van der Waals surface area contributed by atoms with Crippen LogP contribution in [0.4, 0.5) is 0 Å². The maximum absolute atomic E-state index is 8.81. The largest absolute Gasteiger partial charge is 0.197 e. The zero-order valence-electron chi connectivity index (χ0n) is 7.01. The van der Waals surface area contributed by atoms with Crippen molar-refractivity contribution in [2.45, 2.75) is 26.2 Å². The molecule has 0 spiro atoms. The number of thiophene rings is 1. The van der Waals surface area contributed by atoms with Gasteiger partial charge in [0.2, 0.25) is 0 Å². The minimum atomic E-state index is -0.321. The monoisotopic (exact) mass is 165 g/mol. The summed E-state index contributed by atoms with van der Waals surface area (Å²) in [7, 11) is 0. The van der Waals surface area contributed by atoms with E-state index in [0.29, 0.717) is 0 Å². The Morgan fingerprint density at radius 2 is 2.09 bits per heavy atom. The van der Waals surface area contributed by atoms with Gasteiger partial charge in [0.05, 0.1) is 11.5 Å². The molecule has 0 aliphatic heterocycles. The summed E-state index contributed by atoms with van der Waals surface area (Å²) in [4.78, 5) is 2.42. The Morgan fingerprint density at radius 3 is 2.45 bits per heavy atom. The third-order valence-corrected chi connectivity index (χ3v) is 2.96. The van der Waals surface area contributed by atoms with Crippen molar-refractivity contribution in [1.29, 1.82) is 5.26 Å². The van der Waals surface area contributed by atoms with Crippen molar-refractivity contribution < 1.29 is 0 Å². The molecule has 0 N–H and O–H groups in total. The standard InChI is InChI=1S/C9H11NS/c1-7-4-5-8(11-7)9(2,3)6-10/h4-5H,1-3H3. The lowest BCUT2D eigenvalue weighted by atomic mass is 9.94. The molecule has 0 saturated heterocycles. The van der Waals surface area contributed by atoms with Gasteiger partial charge in [0, 0.05) is 9.75 Å². The molecule has 0 aliphatic carbocycles. The number of nitrogens with zero attached hydrogens (tertiary/aromatic N) is 1. The van der Waals surface area contributed by atoms with E-state index in [4.69, 9.17) is 5.26 Å². The molecular formula is C9H11NS. The molecule has 0 aliphatic rings. The van der Waals surface area contributed by atoms with Crippen LogP contribution >= 0.6 is 11.3 Å². The highest BCUT2D eigenvalue weighted by Crippen LogP contribution is 2.28. The molecular weight excluding hydrogens is 154 g/mol. The van der Waals surface area contributed by atoms with Gasteiger partial charge >= 0.3 is 0 Å².